The monoisotopic (exact) mass is 158 g/mol. The molecule has 0 saturated carbocycles. The Morgan fingerprint density at radius 2 is 2.00 bits per heavy atom. The Bertz CT molecular complexity index is 123. The average molecular weight is 158 g/mol. The van der Waals surface area contributed by atoms with Crippen molar-refractivity contribution in [2.24, 2.45) is 17.6 Å². The second-order valence-electron chi connectivity index (χ2n) is 3.28. The van der Waals surface area contributed by atoms with E-state index in [2.05, 4.69) is 19.2 Å². The van der Waals surface area contributed by atoms with Gasteiger partial charge in [-0.15, -0.1) is 0 Å². The molecule has 11 heavy (non-hydrogen) atoms. The summed E-state index contributed by atoms with van der Waals surface area (Å²) in [4.78, 5) is 11.1. The number of carbonyl (C=O) groups is 1. The van der Waals surface area contributed by atoms with Gasteiger partial charge in [0, 0.05) is 19.0 Å². The maximum atomic E-state index is 11.1. The topological polar surface area (TPSA) is 55.1 Å². The molecule has 1 atom stereocenters. The molecule has 0 aromatic carbocycles. The van der Waals surface area contributed by atoms with Crippen LogP contribution in [0.2, 0.25) is 0 Å². The lowest BCUT2D eigenvalue weighted by Gasteiger charge is -2.11. The van der Waals surface area contributed by atoms with Crippen molar-refractivity contribution in [3.63, 3.8) is 0 Å². The van der Waals surface area contributed by atoms with Crippen molar-refractivity contribution < 1.29 is 4.79 Å². The second-order valence-corrected chi connectivity index (χ2v) is 3.28. The second kappa shape index (κ2) is 5.13. The quantitative estimate of drug-likeness (QED) is 0.620. The molecule has 0 spiro atoms. The van der Waals surface area contributed by atoms with Crippen LogP contribution in [0, 0.1) is 11.8 Å². The summed E-state index contributed by atoms with van der Waals surface area (Å²) in [6, 6.07) is 0. The van der Waals surface area contributed by atoms with Gasteiger partial charge in [0.05, 0.1) is 0 Å². The van der Waals surface area contributed by atoms with Crippen molar-refractivity contribution in [1.82, 2.24) is 5.32 Å². The summed E-state index contributed by atoms with van der Waals surface area (Å²) >= 11 is 0. The van der Waals surface area contributed by atoms with Gasteiger partial charge in [0.1, 0.15) is 0 Å². The van der Waals surface area contributed by atoms with Crippen LogP contribution in [0.25, 0.3) is 0 Å². The number of nitrogens with two attached hydrogens (primary N) is 1. The Morgan fingerprint density at radius 3 is 2.36 bits per heavy atom. The summed E-state index contributed by atoms with van der Waals surface area (Å²) in [5.74, 6) is 0.499. The van der Waals surface area contributed by atoms with Gasteiger partial charge >= 0.3 is 0 Å². The van der Waals surface area contributed by atoms with Gasteiger partial charge in [-0.1, -0.05) is 20.8 Å². The molecule has 0 saturated heterocycles. The number of nitrogens with one attached hydrogen (secondary N) is 1. The lowest BCUT2D eigenvalue weighted by atomic mass is 10.1. The largest absolute Gasteiger partial charge is 0.356 e. The first-order valence-corrected chi connectivity index (χ1v) is 4.05. The van der Waals surface area contributed by atoms with E-state index in [4.69, 9.17) is 5.73 Å². The van der Waals surface area contributed by atoms with Gasteiger partial charge in [0.25, 0.3) is 0 Å². The van der Waals surface area contributed by atoms with Gasteiger partial charge in [-0.2, -0.15) is 0 Å². The standard InChI is InChI=1S/C8H18N2O/c1-6(2)5-10-8(11)7(3)4-9/h6-7H,4-5,9H2,1-3H3,(H,10,11). The summed E-state index contributed by atoms with van der Waals surface area (Å²) in [7, 11) is 0. The molecule has 3 heteroatoms. The van der Waals surface area contributed by atoms with Crippen molar-refractivity contribution in [3.8, 4) is 0 Å². The van der Waals surface area contributed by atoms with E-state index in [1.165, 1.54) is 0 Å². The van der Waals surface area contributed by atoms with E-state index in [0.717, 1.165) is 6.54 Å². The molecular formula is C8H18N2O. The highest BCUT2D eigenvalue weighted by Crippen LogP contribution is 1.92. The number of carbonyl (C=O) groups excluding carboxylic acids is 1. The van der Waals surface area contributed by atoms with Crippen molar-refractivity contribution >= 4 is 5.91 Å². The highest BCUT2D eigenvalue weighted by Gasteiger charge is 2.09. The third-order valence-corrected chi connectivity index (χ3v) is 1.49. The van der Waals surface area contributed by atoms with Crippen LogP contribution in [-0.2, 0) is 4.79 Å². The zero-order chi connectivity index (χ0) is 8.85. The number of rotatable bonds is 4. The van der Waals surface area contributed by atoms with Gasteiger partial charge in [-0.3, -0.25) is 4.79 Å². The minimum atomic E-state index is -0.0613. The van der Waals surface area contributed by atoms with Gasteiger partial charge in [0.15, 0.2) is 0 Å². The van der Waals surface area contributed by atoms with Crippen molar-refractivity contribution in [3.05, 3.63) is 0 Å². The summed E-state index contributed by atoms with van der Waals surface area (Å²) in [5, 5.41) is 2.81. The van der Waals surface area contributed by atoms with Crippen molar-refractivity contribution in [2.75, 3.05) is 13.1 Å². The molecule has 0 aliphatic rings. The van der Waals surface area contributed by atoms with Crippen molar-refractivity contribution in [1.29, 1.82) is 0 Å². The summed E-state index contributed by atoms with van der Waals surface area (Å²) in [5.41, 5.74) is 5.32. The fourth-order valence-corrected chi connectivity index (χ4v) is 0.586. The molecule has 0 aliphatic carbocycles. The van der Waals surface area contributed by atoms with Gasteiger partial charge in [-0.05, 0) is 5.92 Å². The number of hydrogen-bond acceptors (Lipinski definition) is 2. The van der Waals surface area contributed by atoms with Gasteiger partial charge in [-0.25, -0.2) is 0 Å². The Balaban J connectivity index is 3.52. The Kier molecular flexibility index (Phi) is 4.86. The molecule has 0 bridgehead atoms. The molecule has 0 aliphatic heterocycles. The first-order chi connectivity index (χ1) is 5.07. The number of amides is 1. The highest BCUT2D eigenvalue weighted by atomic mass is 16.1. The first kappa shape index (κ1) is 10.4. The first-order valence-electron chi connectivity index (χ1n) is 4.05. The Labute approximate surface area is 68.3 Å². The van der Waals surface area contributed by atoms with E-state index < -0.39 is 0 Å². The lowest BCUT2D eigenvalue weighted by Crippen LogP contribution is -2.35. The Morgan fingerprint density at radius 1 is 1.45 bits per heavy atom. The van der Waals surface area contributed by atoms with E-state index >= 15 is 0 Å². The van der Waals surface area contributed by atoms with Crippen LogP contribution < -0.4 is 11.1 Å². The molecule has 66 valence electrons. The van der Waals surface area contributed by atoms with Gasteiger partial charge < -0.3 is 11.1 Å². The zero-order valence-electron chi connectivity index (χ0n) is 7.55. The van der Waals surface area contributed by atoms with Crippen LogP contribution in [0.4, 0.5) is 0 Å². The fourth-order valence-electron chi connectivity index (χ4n) is 0.586. The summed E-state index contributed by atoms with van der Waals surface area (Å²) in [6.07, 6.45) is 0. The van der Waals surface area contributed by atoms with E-state index in [-0.39, 0.29) is 11.8 Å². The maximum Gasteiger partial charge on any atom is 0.224 e. The van der Waals surface area contributed by atoms with Crippen LogP contribution in [0.1, 0.15) is 20.8 Å². The average Bonchev–Trinajstić information content (AvgIpc) is 1.98. The SMILES string of the molecule is CC(C)CNC(=O)C(C)CN. The molecule has 1 amide bonds. The molecule has 3 nitrogen and oxygen atoms in total. The molecule has 0 heterocycles. The van der Waals surface area contributed by atoms with Crippen LogP contribution in [0.15, 0.2) is 0 Å². The molecule has 0 rings (SSSR count). The lowest BCUT2D eigenvalue weighted by molar-refractivity contribution is -0.124. The van der Waals surface area contributed by atoms with Crippen LogP contribution >= 0.6 is 0 Å². The maximum absolute atomic E-state index is 11.1. The predicted octanol–water partition coefficient (Wildman–Crippen LogP) is 0.353. The van der Waals surface area contributed by atoms with Gasteiger partial charge in [0.2, 0.25) is 5.91 Å². The Hall–Kier alpha value is -0.570. The zero-order valence-corrected chi connectivity index (χ0v) is 7.55. The van der Waals surface area contributed by atoms with E-state index in [9.17, 15) is 4.79 Å². The summed E-state index contributed by atoms with van der Waals surface area (Å²) < 4.78 is 0. The fraction of sp³-hybridized carbons (Fsp3) is 0.875. The molecule has 1 unspecified atom stereocenters. The predicted molar refractivity (Wildman–Crippen MR) is 46.1 cm³/mol. The minimum absolute atomic E-state index is 0.0567. The molecular weight excluding hydrogens is 140 g/mol. The third kappa shape index (κ3) is 4.79. The van der Waals surface area contributed by atoms with E-state index in [1.807, 2.05) is 6.92 Å². The molecule has 0 aromatic rings. The normalized spacial score (nSPS) is 13.2. The summed E-state index contributed by atoms with van der Waals surface area (Å²) in [6.45, 7) is 7.11. The van der Waals surface area contributed by atoms with Crippen LogP contribution in [0.5, 0.6) is 0 Å². The van der Waals surface area contributed by atoms with Crippen LogP contribution in [-0.4, -0.2) is 19.0 Å². The molecule has 0 aromatic heterocycles. The van der Waals surface area contributed by atoms with Crippen molar-refractivity contribution in [2.45, 2.75) is 20.8 Å². The van der Waals surface area contributed by atoms with Crippen LogP contribution in [0.3, 0.4) is 0 Å². The highest BCUT2D eigenvalue weighted by molar-refractivity contribution is 5.78. The smallest absolute Gasteiger partial charge is 0.224 e. The molecule has 3 N–H and O–H groups in total. The van der Waals surface area contributed by atoms with E-state index in [0.29, 0.717) is 12.5 Å². The third-order valence-electron chi connectivity index (χ3n) is 1.49. The number of hydrogen-bond donors (Lipinski definition) is 2. The molecule has 0 fully saturated rings. The van der Waals surface area contributed by atoms with E-state index in [1.54, 1.807) is 0 Å². The molecule has 0 radical (unpaired) electrons. The minimum Gasteiger partial charge on any atom is -0.356 e.